The molecule has 0 saturated heterocycles. The molecular formula is C12H15N3OS. The summed E-state index contributed by atoms with van der Waals surface area (Å²) < 4.78 is 0. The summed E-state index contributed by atoms with van der Waals surface area (Å²) in [6.07, 6.45) is 2.55. The van der Waals surface area contributed by atoms with Crippen molar-refractivity contribution in [3.63, 3.8) is 0 Å². The van der Waals surface area contributed by atoms with Crippen LogP contribution in [0, 0.1) is 0 Å². The van der Waals surface area contributed by atoms with Gasteiger partial charge < -0.3 is 10.3 Å². The second-order valence-electron chi connectivity index (χ2n) is 3.72. The number of H-pyrrole nitrogens is 1. The van der Waals surface area contributed by atoms with Crippen LogP contribution in [-0.4, -0.2) is 27.9 Å². The number of rotatable bonds is 5. The molecule has 0 aliphatic carbocycles. The van der Waals surface area contributed by atoms with Gasteiger partial charge in [-0.3, -0.25) is 4.79 Å². The van der Waals surface area contributed by atoms with Crippen molar-refractivity contribution in [2.24, 2.45) is 0 Å². The number of nitrogens with one attached hydrogen (secondary N) is 2. The van der Waals surface area contributed by atoms with E-state index in [1.54, 1.807) is 11.8 Å². The van der Waals surface area contributed by atoms with Crippen LogP contribution in [0.25, 0.3) is 11.0 Å². The molecule has 1 aromatic carbocycles. The van der Waals surface area contributed by atoms with Gasteiger partial charge in [0.25, 0.3) is 0 Å². The molecule has 0 radical (unpaired) electrons. The summed E-state index contributed by atoms with van der Waals surface area (Å²) in [4.78, 5) is 19.0. The Kier molecular flexibility index (Phi) is 4.03. The van der Waals surface area contributed by atoms with Gasteiger partial charge in [0, 0.05) is 12.2 Å². The lowest BCUT2D eigenvalue weighted by Gasteiger charge is -2.01. The third-order valence-corrected chi connectivity index (χ3v) is 3.04. The van der Waals surface area contributed by atoms with Crippen LogP contribution in [-0.2, 0) is 11.3 Å². The van der Waals surface area contributed by atoms with Crippen molar-refractivity contribution in [3.8, 4) is 0 Å². The van der Waals surface area contributed by atoms with Crippen LogP contribution in [0.5, 0.6) is 0 Å². The first-order valence-corrected chi connectivity index (χ1v) is 6.88. The molecule has 2 N–H and O–H groups in total. The monoisotopic (exact) mass is 249 g/mol. The lowest BCUT2D eigenvalue weighted by molar-refractivity contribution is -0.120. The summed E-state index contributed by atoms with van der Waals surface area (Å²) in [6, 6.07) is 7.83. The largest absolute Gasteiger partial charge is 0.349 e. The lowest BCUT2D eigenvalue weighted by Crippen LogP contribution is -2.23. The molecule has 0 spiro atoms. The zero-order valence-corrected chi connectivity index (χ0v) is 10.5. The minimum absolute atomic E-state index is 0.0693. The van der Waals surface area contributed by atoms with Gasteiger partial charge in [0.05, 0.1) is 17.6 Å². The number of aromatic nitrogens is 2. The fourth-order valence-corrected chi connectivity index (χ4v) is 1.94. The average molecular weight is 249 g/mol. The molecule has 2 rings (SSSR count). The third kappa shape index (κ3) is 3.23. The number of para-hydroxylation sites is 2. The van der Waals surface area contributed by atoms with Gasteiger partial charge in [0.1, 0.15) is 5.82 Å². The summed E-state index contributed by atoms with van der Waals surface area (Å²) in [6.45, 7) is 0.460. The summed E-state index contributed by atoms with van der Waals surface area (Å²) in [5, 5.41) is 2.85. The number of carbonyl (C=O) groups excluding carboxylic acids is 1. The van der Waals surface area contributed by atoms with Crippen molar-refractivity contribution in [2.45, 2.75) is 13.0 Å². The zero-order valence-electron chi connectivity index (χ0n) is 9.69. The van der Waals surface area contributed by atoms with Crippen LogP contribution in [0.15, 0.2) is 24.3 Å². The summed E-state index contributed by atoms with van der Waals surface area (Å²) in [5.74, 6) is 1.72. The Bertz CT molecular complexity index is 476. The van der Waals surface area contributed by atoms with E-state index in [4.69, 9.17) is 0 Å². The maximum absolute atomic E-state index is 11.4. The molecule has 0 saturated carbocycles. The van der Waals surface area contributed by atoms with Crippen molar-refractivity contribution in [3.05, 3.63) is 30.1 Å². The normalized spacial score (nSPS) is 10.6. The Morgan fingerprint density at radius 2 is 2.29 bits per heavy atom. The molecule has 1 amide bonds. The highest BCUT2D eigenvalue weighted by molar-refractivity contribution is 7.98. The molecule has 4 nitrogen and oxygen atoms in total. The number of aromatic amines is 1. The van der Waals surface area contributed by atoms with Crippen LogP contribution < -0.4 is 5.32 Å². The maximum atomic E-state index is 11.4. The Hall–Kier alpha value is -1.49. The molecule has 90 valence electrons. The van der Waals surface area contributed by atoms with E-state index in [0.29, 0.717) is 13.0 Å². The lowest BCUT2D eigenvalue weighted by atomic mass is 10.3. The zero-order chi connectivity index (χ0) is 12.1. The fraction of sp³-hybridized carbons (Fsp3) is 0.333. The topological polar surface area (TPSA) is 57.8 Å². The minimum atomic E-state index is 0.0693. The van der Waals surface area contributed by atoms with Crippen molar-refractivity contribution in [1.29, 1.82) is 0 Å². The Labute approximate surface area is 104 Å². The van der Waals surface area contributed by atoms with Gasteiger partial charge in [-0.2, -0.15) is 11.8 Å². The van der Waals surface area contributed by atoms with Crippen molar-refractivity contribution < 1.29 is 4.79 Å². The molecule has 0 atom stereocenters. The van der Waals surface area contributed by atoms with E-state index < -0.39 is 0 Å². The SMILES string of the molecule is CSCCC(=O)NCc1nc2ccccc2[nH]1. The first-order chi connectivity index (χ1) is 8.29. The summed E-state index contributed by atoms with van der Waals surface area (Å²) in [7, 11) is 0. The highest BCUT2D eigenvalue weighted by Gasteiger charge is 2.04. The van der Waals surface area contributed by atoms with Crippen LogP contribution in [0.2, 0.25) is 0 Å². The van der Waals surface area contributed by atoms with Crippen LogP contribution >= 0.6 is 11.8 Å². The predicted molar refractivity (Wildman–Crippen MR) is 70.9 cm³/mol. The number of amides is 1. The summed E-state index contributed by atoms with van der Waals surface area (Å²) in [5.41, 5.74) is 1.93. The molecule has 1 heterocycles. The molecule has 0 bridgehead atoms. The number of hydrogen-bond donors (Lipinski definition) is 2. The molecule has 0 unspecified atom stereocenters. The first-order valence-electron chi connectivity index (χ1n) is 5.49. The molecule has 5 heteroatoms. The summed E-state index contributed by atoms with van der Waals surface area (Å²) >= 11 is 1.67. The molecule has 1 aromatic heterocycles. The fourth-order valence-electron chi connectivity index (χ4n) is 1.55. The minimum Gasteiger partial charge on any atom is -0.349 e. The van der Waals surface area contributed by atoms with Gasteiger partial charge >= 0.3 is 0 Å². The van der Waals surface area contributed by atoms with E-state index in [0.717, 1.165) is 22.6 Å². The second kappa shape index (κ2) is 5.72. The van der Waals surface area contributed by atoms with E-state index in [1.807, 2.05) is 30.5 Å². The van der Waals surface area contributed by atoms with E-state index in [2.05, 4.69) is 15.3 Å². The quantitative estimate of drug-likeness (QED) is 0.851. The Balaban J connectivity index is 1.92. The van der Waals surface area contributed by atoms with E-state index in [9.17, 15) is 4.79 Å². The predicted octanol–water partition coefficient (Wildman–Crippen LogP) is 1.93. The number of nitrogens with zero attached hydrogens (tertiary/aromatic N) is 1. The Morgan fingerprint density at radius 3 is 3.06 bits per heavy atom. The number of thioether (sulfide) groups is 1. The number of hydrogen-bond acceptors (Lipinski definition) is 3. The molecule has 0 aliphatic heterocycles. The van der Waals surface area contributed by atoms with Crippen molar-refractivity contribution in [1.82, 2.24) is 15.3 Å². The Morgan fingerprint density at radius 1 is 1.47 bits per heavy atom. The third-order valence-electron chi connectivity index (χ3n) is 2.42. The van der Waals surface area contributed by atoms with Gasteiger partial charge in [-0.15, -0.1) is 0 Å². The standard InChI is InChI=1S/C12H15N3OS/c1-17-7-6-12(16)13-8-11-14-9-4-2-3-5-10(9)15-11/h2-5H,6-8H2,1H3,(H,13,16)(H,14,15). The molecule has 17 heavy (non-hydrogen) atoms. The number of benzene rings is 1. The van der Waals surface area contributed by atoms with Gasteiger partial charge in [-0.1, -0.05) is 12.1 Å². The maximum Gasteiger partial charge on any atom is 0.221 e. The molecule has 2 aromatic rings. The highest BCUT2D eigenvalue weighted by atomic mass is 32.2. The second-order valence-corrected chi connectivity index (χ2v) is 4.71. The van der Waals surface area contributed by atoms with Crippen LogP contribution in [0.1, 0.15) is 12.2 Å². The van der Waals surface area contributed by atoms with E-state index in [1.165, 1.54) is 0 Å². The average Bonchev–Trinajstić information content (AvgIpc) is 2.76. The molecule has 0 aliphatic rings. The van der Waals surface area contributed by atoms with Crippen molar-refractivity contribution >= 4 is 28.7 Å². The number of fused-ring (bicyclic) bond motifs is 1. The molecular weight excluding hydrogens is 234 g/mol. The molecule has 0 fully saturated rings. The highest BCUT2D eigenvalue weighted by Crippen LogP contribution is 2.09. The van der Waals surface area contributed by atoms with Crippen LogP contribution in [0.3, 0.4) is 0 Å². The van der Waals surface area contributed by atoms with E-state index >= 15 is 0 Å². The van der Waals surface area contributed by atoms with Crippen LogP contribution in [0.4, 0.5) is 0 Å². The van der Waals surface area contributed by atoms with Gasteiger partial charge in [-0.05, 0) is 18.4 Å². The van der Waals surface area contributed by atoms with Crippen molar-refractivity contribution in [2.75, 3.05) is 12.0 Å². The number of imidazole rings is 1. The van der Waals surface area contributed by atoms with Gasteiger partial charge in [0.15, 0.2) is 0 Å². The van der Waals surface area contributed by atoms with Gasteiger partial charge in [-0.25, -0.2) is 4.98 Å². The number of carbonyl (C=O) groups is 1. The van der Waals surface area contributed by atoms with E-state index in [-0.39, 0.29) is 5.91 Å². The first kappa shape index (κ1) is 12.0. The van der Waals surface area contributed by atoms with Gasteiger partial charge in [0.2, 0.25) is 5.91 Å². The smallest absolute Gasteiger partial charge is 0.221 e.